The van der Waals surface area contributed by atoms with Crippen LogP contribution >= 0.6 is 0 Å². The molecule has 23 heavy (non-hydrogen) atoms. The molecule has 0 amide bonds. The average molecular weight is 302 g/mol. The average Bonchev–Trinajstić information content (AvgIpc) is 3.15. The van der Waals surface area contributed by atoms with Crippen LogP contribution in [0, 0.1) is 5.92 Å². The van der Waals surface area contributed by atoms with E-state index >= 15 is 0 Å². The zero-order valence-corrected chi connectivity index (χ0v) is 14.2. The lowest BCUT2D eigenvalue weighted by atomic mass is 9.62. The van der Waals surface area contributed by atoms with Gasteiger partial charge in [0.15, 0.2) is 0 Å². The van der Waals surface area contributed by atoms with Crippen LogP contribution in [0.3, 0.4) is 0 Å². The van der Waals surface area contributed by atoms with E-state index in [2.05, 4.69) is 43.3 Å². The van der Waals surface area contributed by atoms with Crippen LogP contribution in [0.5, 0.6) is 0 Å². The summed E-state index contributed by atoms with van der Waals surface area (Å²) in [6.07, 6.45) is 13.1. The van der Waals surface area contributed by atoms with Crippen LogP contribution in [-0.2, 0) is 18.3 Å². The smallest absolute Gasteiger partial charge is 0.00274 e. The molecule has 2 aromatic rings. The summed E-state index contributed by atoms with van der Waals surface area (Å²) >= 11 is 0. The van der Waals surface area contributed by atoms with Gasteiger partial charge in [0.25, 0.3) is 0 Å². The van der Waals surface area contributed by atoms with Crippen LogP contribution in [0.25, 0.3) is 10.8 Å². The molecule has 2 unspecified atom stereocenters. The minimum absolute atomic E-state index is 0.494. The Morgan fingerprint density at radius 1 is 1.13 bits per heavy atom. The Labute approximate surface area is 139 Å². The highest BCUT2D eigenvalue weighted by Gasteiger charge is 2.49. The monoisotopic (exact) mass is 302 g/mol. The molecular formula is C23H26. The second-order valence-corrected chi connectivity index (χ2v) is 8.13. The Morgan fingerprint density at radius 3 is 2.87 bits per heavy atom. The minimum atomic E-state index is 0.494. The van der Waals surface area contributed by atoms with E-state index in [4.69, 9.17) is 0 Å². The summed E-state index contributed by atoms with van der Waals surface area (Å²) in [4.78, 5) is 0. The van der Waals surface area contributed by atoms with Crippen molar-refractivity contribution in [3.8, 4) is 0 Å². The van der Waals surface area contributed by atoms with Crippen molar-refractivity contribution in [2.75, 3.05) is 0 Å². The lowest BCUT2D eigenvalue weighted by Gasteiger charge is -2.41. The van der Waals surface area contributed by atoms with Crippen molar-refractivity contribution in [3.63, 3.8) is 0 Å². The Hall–Kier alpha value is -1.56. The second kappa shape index (κ2) is 4.97. The maximum Gasteiger partial charge on any atom is 0.00274 e. The maximum atomic E-state index is 2.57. The molecule has 2 atom stereocenters. The van der Waals surface area contributed by atoms with Gasteiger partial charge >= 0.3 is 0 Å². The first kappa shape index (κ1) is 13.8. The van der Waals surface area contributed by atoms with E-state index in [1.165, 1.54) is 67.7 Å². The molecule has 0 aliphatic heterocycles. The van der Waals surface area contributed by atoms with Crippen LogP contribution in [0.4, 0.5) is 0 Å². The van der Waals surface area contributed by atoms with Crippen molar-refractivity contribution in [1.29, 1.82) is 0 Å². The third-order valence-corrected chi connectivity index (χ3v) is 6.79. The quantitative estimate of drug-likeness (QED) is 0.587. The molecule has 1 saturated carbocycles. The molecule has 1 fully saturated rings. The lowest BCUT2D eigenvalue weighted by molar-refractivity contribution is 0.270. The molecule has 3 aliphatic carbocycles. The molecule has 2 bridgehead atoms. The molecule has 0 nitrogen and oxygen atoms in total. The summed E-state index contributed by atoms with van der Waals surface area (Å²) in [7, 11) is 0. The third-order valence-electron chi connectivity index (χ3n) is 6.79. The third kappa shape index (κ3) is 1.97. The first-order valence-corrected chi connectivity index (χ1v) is 9.52. The number of benzene rings is 2. The number of hydrogen-bond donors (Lipinski definition) is 0. The van der Waals surface area contributed by atoms with Gasteiger partial charge in [-0.05, 0) is 78.3 Å². The highest BCUT2D eigenvalue weighted by molar-refractivity contribution is 5.85. The number of fused-ring (bicyclic) bond motifs is 6. The van der Waals surface area contributed by atoms with Gasteiger partial charge in [0.05, 0.1) is 0 Å². The summed E-state index contributed by atoms with van der Waals surface area (Å²) < 4.78 is 0. The van der Waals surface area contributed by atoms with Crippen LogP contribution < -0.4 is 0 Å². The van der Waals surface area contributed by atoms with E-state index in [9.17, 15) is 0 Å². The summed E-state index contributed by atoms with van der Waals surface area (Å²) in [5, 5.41) is 2.93. The summed E-state index contributed by atoms with van der Waals surface area (Å²) in [6, 6.07) is 12.3. The van der Waals surface area contributed by atoms with Gasteiger partial charge in [-0.3, -0.25) is 0 Å². The highest BCUT2D eigenvalue weighted by atomic mass is 14.5. The van der Waals surface area contributed by atoms with Gasteiger partial charge in [0.1, 0.15) is 0 Å². The van der Waals surface area contributed by atoms with Gasteiger partial charge in [-0.25, -0.2) is 0 Å². The van der Waals surface area contributed by atoms with Crippen molar-refractivity contribution in [1.82, 2.24) is 0 Å². The first-order valence-electron chi connectivity index (χ1n) is 9.52. The molecule has 0 heteroatoms. The van der Waals surface area contributed by atoms with Crippen molar-refractivity contribution < 1.29 is 0 Å². The molecule has 5 rings (SSSR count). The molecule has 118 valence electrons. The molecule has 0 saturated heterocycles. The van der Waals surface area contributed by atoms with E-state index in [-0.39, 0.29) is 0 Å². The fourth-order valence-corrected chi connectivity index (χ4v) is 5.75. The van der Waals surface area contributed by atoms with Crippen LogP contribution in [0.2, 0.25) is 0 Å². The second-order valence-electron chi connectivity index (χ2n) is 8.13. The highest BCUT2D eigenvalue weighted by Crippen LogP contribution is 2.58. The molecule has 2 aromatic carbocycles. The van der Waals surface area contributed by atoms with E-state index in [0.29, 0.717) is 5.41 Å². The largest absolute Gasteiger partial charge is 0.0850 e. The van der Waals surface area contributed by atoms with E-state index in [0.717, 1.165) is 5.92 Å². The Bertz CT molecular complexity index is 810. The normalized spacial score (nSPS) is 28.4. The van der Waals surface area contributed by atoms with Crippen molar-refractivity contribution in [2.45, 2.75) is 63.7 Å². The fraction of sp³-hybridized carbons (Fsp3) is 0.478. The van der Waals surface area contributed by atoms with Gasteiger partial charge in [-0.2, -0.15) is 0 Å². The van der Waals surface area contributed by atoms with E-state index in [1.54, 1.807) is 16.7 Å². The SMILES string of the molecule is CCCc1ccc2cc3c(cc2c1)CCCC31CC2=CCC1C2. The molecule has 0 N–H and O–H groups in total. The zero-order chi connectivity index (χ0) is 15.4. The van der Waals surface area contributed by atoms with E-state index < -0.39 is 0 Å². The zero-order valence-electron chi connectivity index (χ0n) is 14.2. The van der Waals surface area contributed by atoms with Gasteiger partial charge in [0, 0.05) is 5.41 Å². The van der Waals surface area contributed by atoms with Crippen LogP contribution in [0.15, 0.2) is 42.0 Å². The Morgan fingerprint density at radius 2 is 2.09 bits per heavy atom. The Kier molecular flexibility index (Phi) is 2.99. The predicted octanol–water partition coefficient (Wildman–Crippen LogP) is 6.11. The van der Waals surface area contributed by atoms with Crippen LogP contribution in [-0.4, -0.2) is 0 Å². The molecule has 0 radical (unpaired) electrons. The number of rotatable bonds is 2. The number of aryl methyl sites for hydroxylation is 2. The fourth-order valence-electron chi connectivity index (χ4n) is 5.75. The Balaban J connectivity index is 1.66. The van der Waals surface area contributed by atoms with Crippen molar-refractivity contribution >= 4 is 10.8 Å². The van der Waals surface area contributed by atoms with Gasteiger partial charge in [-0.1, -0.05) is 55.3 Å². The lowest BCUT2D eigenvalue weighted by Crippen LogP contribution is -2.35. The molecule has 0 aromatic heterocycles. The summed E-state index contributed by atoms with van der Waals surface area (Å²) in [5.41, 5.74) is 7.11. The van der Waals surface area contributed by atoms with Crippen molar-refractivity contribution in [3.05, 3.63) is 58.7 Å². The number of allylic oxidation sites excluding steroid dienone is 2. The van der Waals surface area contributed by atoms with Gasteiger partial charge in [-0.15, -0.1) is 0 Å². The predicted molar refractivity (Wildman–Crippen MR) is 98.0 cm³/mol. The molecule has 3 aliphatic rings. The summed E-state index contributed by atoms with van der Waals surface area (Å²) in [6.45, 7) is 2.27. The van der Waals surface area contributed by atoms with Gasteiger partial charge < -0.3 is 0 Å². The van der Waals surface area contributed by atoms with E-state index in [1.807, 2.05) is 0 Å². The number of hydrogen-bond acceptors (Lipinski definition) is 0. The molecule has 1 spiro atoms. The van der Waals surface area contributed by atoms with Gasteiger partial charge in [0.2, 0.25) is 0 Å². The molecular weight excluding hydrogens is 276 g/mol. The maximum absolute atomic E-state index is 2.57. The standard InChI is InChI=1S/C23H26/c1-2-4-16-6-8-18-14-22-19(13-20(18)11-16)5-3-10-23(22)15-17-7-9-21(23)12-17/h6-8,11,13-14,21H,2-5,9-10,12,15H2,1H3. The topological polar surface area (TPSA) is 0 Å². The minimum Gasteiger partial charge on any atom is -0.0850 e. The summed E-state index contributed by atoms with van der Waals surface area (Å²) in [5.74, 6) is 0.897. The van der Waals surface area contributed by atoms with Crippen molar-refractivity contribution in [2.24, 2.45) is 5.92 Å². The first-order chi connectivity index (χ1) is 11.3. The molecule has 0 heterocycles. The van der Waals surface area contributed by atoms with Crippen LogP contribution in [0.1, 0.15) is 62.1 Å².